The molecule has 3 nitrogen and oxygen atoms in total. The monoisotopic (exact) mass is 847 g/mol. The number of fused-ring (bicyclic) bond motifs is 10. The Labute approximate surface area is 381 Å². The third-order valence-corrected chi connectivity index (χ3v) is 14.6. The second-order valence-corrected chi connectivity index (χ2v) is 18.4. The second kappa shape index (κ2) is 15.5. The minimum absolute atomic E-state index is 0.695. The number of rotatable bonds is 6. The fourth-order valence-corrected chi connectivity index (χ4v) is 11.4. The number of aryl methyl sites for hydroxylation is 2. The molecule has 0 aliphatic heterocycles. The summed E-state index contributed by atoms with van der Waals surface area (Å²) in [4.78, 5) is 14.9. The highest BCUT2D eigenvalue weighted by Gasteiger charge is 2.20. The zero-order valence-corrected chi connectivity index (χ0v) is 36.4. The molecule has 2 heterocycles. The van der Waals surface area contributed by atoms with Crippen molar-refractivity contribution in [2.75, 3.05) is 0 Å². The summed E-state index contributed by atoms with van der Waals surface area (Å²) in [7, 11) is 0. The van der Waals surface area contributed by atoms with Crippen molar-refractivity contribution < 1.29 is 0 Å². The van der Waals surface area contributed by atoms with Crippen LogP contribution in [0.2, 0.25) is 0 Å². The van der Waals surface area contributed by atoms with Crippen molar-refractivity contribution in [2.45, 2.75) is 25.7 Å². The average Bonchev–Trinajstić information content (AvgIpc) is 3.76. The van der Waals surface area contributed by atoms with Crippen LogP contribution in [-0.2, 0) is 12.8 Å². The van der Waals surface area contributed by atoms with Crippen LogP contribution in [-0.4, -0.2) is 15.0 Å². The topological polar surface area (TPSA) is 38.7 Å². The van der Waals surface area contributed by atoms with Gasteiger partial charge in [-0.25, -0.2) is 15.0 Å². The van der Waals surface area contributed by atoms with Crippen molar-refractivity contribution in [2.24, 2.45) is 0 Å². The first-order valence-electron chi connectivity index (χ1n) is 22.6. The summed E-state index contributed by atoms with van der Waals surface area (Å²) >= 11 is 1.89. The molecule has 0 unspecified atom stereocenters. The smallest absolute Gasteiger partial charge is 0.164 e. The van der Waals surface area contributed by atoms with E-state index in [2.05, 4.69) is 164 Å². The highest BCUT2D eigenvalue weighted by atomic mass is 32.1. The number of nitrogens with zero attached hydrogens (tertiary/aromatic N) is 3. The molecule has 0 atom stereocenters. The van der Waals surface area contributed by atoms with E-state index in [1.54, 1.807) is 0 Å². The van der Waals surface area contributed by atoms with Crippen LogP contribution < -0.4 is 0 Å². The highest BCUT2D eigenvalue weighted by molar-refractivity contribution is 7.25. The summed E-state index contributed by atoms with van der Waals surface area (Å²) < 4.78 is 2.62. The van der Waals surface area contributed by atoms with Gasteiger partial charge in [-0.1, -0.05) is 170 Å². The van der Waals surface area contributed by atoms with E-state index >= 15 is 0 Å². The molecule has 2 aliphatic carbocycles. The van der Waals surface area contributed by atoms with Gasteiger partial charge in [0.2, 0.25) is 0 Å². The first-order valence-corrected chi connectivity index (χ1v) is 23.4. The van der Waals surface area contributed by atoms with E-state index in [0.717, 1.165) is 48.2 Å². The first kappa shape index (κ1) is 37.7. The number of allylic oxidation sites excluding steroid dienone is 2. The number of hydrogen-bond acceptors (Lipinski definition) is 4. The van der Waals surface area contributed by atoms with Gasteiger partial charge in [-0.3, -0.25) is 0 Å². The Bertz CT molecular complexity index is 3710. The molecule has 0 bridgehead atoms. The number of aromatic nitrogens is 3. The summed E-state index contributed by atoms with van der Waals surface area (Å²) in [6.07, 6.45) is 10.9. The lowest BCUT2D eigenvalue weighted by Gasteiger charge is -2.18. The molecule has 0 fully saturated rings. The standard InChI is InChI=1S/C61H41N3S/c1-3-12-38(13-4-1)59-62-60(39-14-5-2-6-15-39)64-61(63-59)48-25-24-42-33-43(22-23-44(42)34-48)47-28-31-55-54-30-27-46(36-57(54)65-58(55)37-47)41-17-11-16-40(32-41)45-26-29-53-51-20-8-7-18-49(51)50-19-9-10-21-52(50)56(53)35-45/h1-7,9-19,21-23,26-37H,8,20,24-25H2. The number of hydrogen-bond donors (Lipinski definition) is 0. The van der Waals surface area contributed by atoms with E-state index in [9.17, 15) is 0 Å². The number of thiophene rings is 1. The Morgan fingerprint density at radius 3 is 1.62 bits per heavy atom. The average molecular weight is 848 g/mol. The molecule has 2 aromatic heterocycles. The first-order chi connectivity index (χ1) is 32.2. The molecule has 11 aromatic rings. The summed E-state index contributed by atoms with van der Waals surface area (Å²) in [6, 6.07) is 66.3. The quantitative estimate of drug-likeness (QED) is 0.157. The third-order valence-electron chi connectivity index (χ3n) is 13.5. The van der Waals surface area contributed by atoms with E-state index in [1.165, 1.54) is 97.4 Å². The Hall–Kier alpha value is -7.79. The van der Waals surface area contributed by atoms with Gasteiger partial charge in [0.25, 0.3) is 0 Å². The molecule has 0 radical (unpaired) electrons. The lowest BCUT2D eigenvalue weighted by Crippen LogP contribution is -2.06. The van der Waals surface area contributed by atoms with Crippen molar-refractivity contribution >= 4 is 70.8 Å². The largest absolute Gasteiger partial charge is 0.209 e. The molecule has 0 amide bonds. The molecule has 0 saturated heterocycles. The summed E-state index contributed by atoms with van der Waals surface area (Å²) in [5.74, 6) is 2.13. The SMILES string of the molecule is C1=Cc2c(c3ccc(-c4cccc(-c5ccc6c(c5)sc5cc(-c7ccc8c(c7)CCC(c7nc(-c9ccccc9)nc(-c9ccccc9)n7)=C8)ccc56)c4)cc3c3ccccc23)CC1. The van der Waals surface area contributed by atoms with E-state index < -0.39 is 0 Å². The molecule has 9 aromatic carbocycles. The van der Waals surface area contributed by atoms with Crippen molar-refractivity contribution in [1.29, 1.82) is 0 Å². The molecular formula is C61H41N3S. The van der Waals surface area contributed by atoms with Crippen molar-refractivity contribution in [3.05, 3.63) is 216 Å². The van der Waals surface area contributed by atoms with E-state index in [4.69, 9.17) is 15.0 Å². The number of benzene rings is 9. The Balaban J connectivity index is 0.801. The Kier molecular flexibility index (Phi) is 8.99. The van der Waals surface area contributed by atoms with E-state index in [-0.39, 0.29) is 0 Å². The Morgan fingerprint density at radius 2 is 0.923 bits per heavy atom. The van der Waals surface area contributed by atoms with Crippen molar-refractivity contribution in [1.82, 2.24) is 15.0 Å². The van der Waals surface area contributed by atoms with Crippen molar-refractivity contribution in [3.63, 3.8) is 0 Å². The van der Waals surface area contributed by atoms with Gasteiger partial charge < -0.3 is 0 Å². The predicted molar refractivity (Wildman–Crippen MR) is 275 cm³/mol. The molecule has 13 rings (SSSR count). The normalized spacial score (nSPS) is 13.3. The molecular weight excluding hydrogens is 807 g/mol. The molecule has 0 spiro atoms. The maximum Gasteiger partial charge on any atom is 0.164 e. The lowest BCUT2D eigenvalue weighted by atomic mass is 9.85. The minimum Gasteiger partial charge on any atom is -0.209 e. The fourth-order valence-electron chi connectivity index (χ4n) is 10.2. The second-order valence-electron chi connectivity index (χ2n) is 17.4. The summed E-state index contributed by atoms with van der Waals surface area (Å²) in [6.45, 7) is 0. The van der Waals surface area contributed by atoms with Gasteiger partial charge in [0.05, 0.1) is 0 Å². The maximum absolute atomic E-state index is 5.01. The van der Waals surface area contributed by atoms with Crippen LogP contribution in [0.4, 0.5) is 0 Å². The van der Waals surface area contributed by atoms with Gasteiger partial charge in [0.1, 0.15) is 0 Å². The van der Waals surface area contributed by atoms with E-state index in [0.29, 0.717) is 11.6 Å². The van der Waals surface area contributed by atoms with Crippen LogP contribution >= 0.6 is 11.3 Å². The Morgan fingerprint density at radius 1 is 0.369 bits per heavy atom. The zero-order valence-electron chi connectivity index (χ0n) is 35.6. The molecule has 0 N–H and O–H groups in total. The zero-order chi connectivity index (χ0) is 42.8. The van der Waals surface area contributed by atoms with Gasteiger partial charge in [-0.2, -0.15) is 0 Å². The van der Waals surface area contributed by atoms with Crippen LogP contribution in [0.15, 0.2) is 188 Å². The van der Waals surface area contributed by atoms with Gasteiger partial charge >= 0.3 is 0 Å². The summed E-state index contributed by atoms with van der Waals surface area (Å²) in [5, 5.41) is 8.02. The van der Waals surface area contributed by atoms with Crippen LogP contribution in [0.5, 0.6) is 0 Å². The van der Waals surface area contributed by atoms with Gasteiger partial charge in [-0.05, 0) is 139 Å². The highest BCUT2D eigenvalue weighted by Crippen LogP contribution is 2.42. The van der Waals surface area contributed by atoms with Crippen LogP contribution in [0.3, 0.4) is 0 Å². The molecule has 306 valence electrons. The molecule has 65 heavy (non-hydrogen) atoms. The van der Waals surface area contributed by atoms with Crippen LogP contribution in [0.1, 0.15) is 40.9 Å². The van der Waals surface area contributed by atoms with E-state index in [1.807, 2.05) is 47.7 Å². The van der Waals surface area contributed by atoms with Gasteiger partial charge in [0, 0.05) is 31.3 Å². The summed E-state index contributed by atoms with van der Waals surface area (Å²) in [5.41, 5.74) is 16.0. The van der Waals surface area contributed by atoms with Crippen LogP contribution in [0, 0.1) is 0 Å². The third kappa shape index (κ3) is 6.68. The lowest BCUT2D eigenvalue weighted by molar-refractivity contribution is 0.956. The maximum atomic E-state index is 5.01. The minimum atomic E-state index is 0.695. The van der Waals surface area contributed by atoms with Crippen molar-refractivity contribution in [3.8, 4) is 56.2 Å². The predicted octanol–water partition coefficient (Wildman–Crippen LogP) is 16.3. The van der Waals surface area contributed by atoms with Gasteiger partial charge in [-0.15, -0.1) is 11.3 Å². The van der Waals surface area contributed by atoms with Gasteiger partial charge in [0.15, 0.2) is 17.5 Å². The molecule has 4 heteroatoms. The van der Waals surface area contributed by atoms with Crippen LogP contribution in [0.25, 0.3) is 116 Å². The molecule has 0 saturated carbocycles. The fraction of sp³-hybridized carbons (Fsp3) is 0.0656. The molecule has 2 aliphatic rings.